The molecule has 1 heterocycles. The molecule has 2 aliphatic rings. The lowest BCUT2D eigenvalue weighted by atomic mass is 10.1. The van der Waals surface area contributed by atoms with Crippen LogP contribution in [0.4, 0.5) is 5.69 Å². The highest BCUT2D eigenvalue weighted by Crippen LogP contribution is 2.27. The Morgan fingerprint density at radius 2 is 1.68 bits per heavy atom. The van der Waals surface area contributed by atoms with Gasteiger partial charge in [-0.15, -0.1) is 0 Å². The minimum atomic E-state index is -0.468. The van der Waals surface area contributed by atoms with Gasteiger partial charge in [-0.2, -0.15) is 0 Å². The number of carbonyl (C=O) groups excluding carboxylic acids is 2. The fourth-order valence-electron chi connectivity index (χ4n) is 3.68. The molecule has 1 aromatic rings. The molecule has 7 nitrogen and oxygen atoms in total. The average Bonchev–Trinajstić information content (AvgIpc) is 3.15. The predicted octanol–water partition coefficient (Wildman–Crippen LogP) is 2.38. The lowest BCUT2D eigenvalue weighted by molar-refractivity contribution is -0.385. The van der Waals surface area contributed by atoms with E-state index in [1.807, 2.05) is 4.90 Å². The maximum atomic E-state index is 12.6. The highest BCUT2D eigenvalue weighted by molar-refractivity contribution is 5.95. The molecule has 2 amide bonds. The quantitative estimate of drug-likeness (QED) is 0.622. The molecule has 1 saturated heterocycles. The van der Waals surface area contributed by atoms with Crippen LogP contribution in [0.1, 0.15) is 41.6 Å². The number of nitro benzene ring substituents is 1. The molecular formula is C18H23N3O4. The zero-order valence-corrected chi connectivity index (χ0v) is 14.4. The number of amides is 2. The van der Waals surface area contributed by atoms with Crippen LogP contribution in [0.15, 0.2) is 18.2 Å². The van der Waals surface area contributed by atoms with E-state index in [-0.39, 0.29) is 23.4 Å². The number of hydrogen-bond donors (Lipinski definition) is 0. The summed E-state index contributed by atoms with van der Waals surface area (Å²) in [5, 5.41) is 11.1. The summed E-state index contributed by atoms with van der Waals surface area (Å²) in [6.45, 7) is 3.67. The van der Waals surface area contributed by atoms with Gasteiger partial charge in [0.2, 0.25) is 5.91 Å². The van der Waals surface area contributed by atoms with Crippen molar-refractivity contribution in [3.8, 4) is 0 Å². The lowest BCUT2D eigenvalue weighted by Crippen LogP contribution is -2.51. The molecular weight excluding hydrogens is 322 g/mol. The third kappa shape index (κ3) is 3.65. The van der Waals surface area contributed by atoms with Crippen LogP contribution in [0.3, 0.4) is 0 Å². The fourth-order valence-corrected chi connectivity index (χ4v) is 3.68. The molecule has 0 bridgehead atoms. The Labute approximate surface area is 146 Å². The van der Waals surface area contributed by atoms with Crippen molar-refractivity contribution in [2.75, 3.05) is 26.2 Å². The smallest absolute Gasteiger partial charge is 0.273 e. The third-order valence-corrected chi connectivity index (χ3v) is 5.24. The molecule has 134 valence electrons. The molecule has 3 rings (SSSR count). The van der Waals surface area contributed by atoms with E-state index in [2.05, 4.69) is 0 Å². The van der Waals surface area contributed by atoms with Crippen molar-refractivity contribution in [1.82, 2.24) is 9.80 Å². The number of nitro groups is 1. The van der Waals surface area contributed by atoms with Gasteiger partial charge < -0.3 is 9.80 Å². The molecule has 0 spiro atoms. The zero-order valence-electron chi connectivity index (χ0n) is 14.4. The second kappa shape index (κ2) is 7.21. The number of carbonyl (C=O) groups is 2. The summed E-state index contributed by atoms with van der Waals surface area (Å²) in [7, 11) is 0. The van der Waals surface area contributed by atoms with Crippen LogP contribution in [0.25, 0.3) is 0 Å². The van der Waals surface area contributed by atoms with E-state index in [9.17, 15) is 19.7 Å². The minimum Gasteiger partial charge on any atom is -0.339 e. The fraction of sp³-hybridized carbons (Fsp3) is 0.556. The first-order chi connectivity index (χ1) is 12.0. The van der Waals surface area contributed by atoms with Crippen LogP contribution in [0.2, 0.25) is 0 Å². The molecule has 0 unspecified atom stereocenters. The van der Waals surface area contributed by atoms with Gasteiger partial charge in [-0.3, -0.25) is 19.7 Å². The van der Waals surface area contributed by atoms with Gasteiger partial charge in [0, 0.05) is 49.3 Å². The van der Waals surface area contributed by atoms with Crippen molar-refractivity contribution in [2.24, 2.45) is 5.92 Å². The molecule has 0 radical (unpaired) electrons. The molecule has 0 atom stereocenters. The topological polar surface area (TPSA) is 83.8 Å². The molecule has 0 N–H and O–H groups in total. The first kappa shape index (κ1) is 17.4. The monoisotopic (exact) mass is 345 g/mol. The second-order valence-corrected chi connectivity index (χ2v) is 6.86. The second-order valence-electron chi connectivity index (χ2n) is 6.86. The molecule has 1 aliphatic carbocycles. The molecule has 7 heteroatoms. The van der Waals surface area contributed by atoms with Gasteiger partial charge in [0.1, 0.15) is 0 Å². The van der Waals surface area contributed by atoms with E-state index in [1.165, 1.54) is 6.07 Å². The molecule has 2 fully saturated rings. The Kier molecular flexibility index (Phi) is 5.01. The van der Waals surface area contributed by atoms with Crippen molar-refractivity contribution in [3.63, 3.8) is 0 Å². The number of rotatable bonds is 3. The number of hydrogen-bond acceptors (Lipinski definition) is 4. The van der Waals surface area contributed by atoms with Gasteiger partial charge in [0.05, 0.1) is 4.92 Å². The van der Waals surface area contributed by atoms with Gasteiger partial charge >= 0.3 is 0 Å². The molecule has 25 heavy (non-hydrogen) atoms. The van der Waals surface area contributed by atoms with Crippen LogP contribution >= 0.6 is 0 Å². The SMILES string of the molecule is Cc1ccc(C(=O)N2CCN(C(=O)C3CCCC3)CC2)cc1[N+](=O)[O-]. The molecule has 1 aliphatic heterocycles. The molecule has 1 saturated carbocycles. The van der Waals surface area contributed by atoms with Crippen molar-refractivity contribution < 1.29 is 14.5 Å². The summed E-state index contributed by atoms with van der Waals surface area (Å²) in [5.41, 5.74) is 0.822. The molecule has 1 aromatic carbocycles. The lowest BCUT2D eigenvalue weighted by Gasteiger charge is -2.36. The predicted molar refractivity (Wildman–Crippen MR) is 92.3 cm³/mol. The number of nitrogens with zero attached hydrogens (tertiary/aromatic N) is 3. The maximum Gasteiger partial charge on any atom is 0.273 e. The van der Waals surface area contributed by atoms with E-state index in [0.29, 0.717) is 37.3 Å². The zero-order chi connectivity index (χ0) is 18.0. The largest absolute Gasteiger partial charge is 0.339 e. The van der Waals surface area contributed by atoms with Gasteiger partial charge in [0.15, 0.2) is 0 Å². The first-order valence-corrected chi connectivity index (χ1v) is 8.80. The van der Waals surface area contributed by atoms with Crippen LogP contribution in [-0.4, -0.2) is 52.7 Å². The summed E-state index contributed by atoms with van der Waals surface area (Å²) in [6, 6.07) is 4.57. The Morgan fingerprint density at radius 3 is 2.28 bits per heavy atom. The van der Waals surface area contributed by atoms with Crippen LogP contribution in [0, 0.1) is 23.0 Å². The minimum absolute atomic E-state index is 0.0408. The van der Waals surface area contributed by atoms with Crippen molar-refractivity contribution in [3.05, 3.63) is 39.4 Å². The van der Waals surface area contributed by atoms with Gasteiger partial charge in [-0.1, -0.05) is 18.9 Å². The summed E-state index contributed by atoms with van der Waals surface area (Å²) in [6.07, 6.45) is 4.21. The van der Waals surface area contributed by atoms with Crippen LogP contribution in [-0.2, 0) is 4.79 Å². The van der Waals surface area contributed by atoms with E-state index < -0.39 is 4.92 Å². The van der Waals surface area contributed by atoms with E-state index >= 15 is 0 Å². The van der Waals surface area contributed by atoms with Crippen molar-refractivity contribution >= 4 is 17.5 Å². The standard InChI is InChI=1S/C18H23N3O4/c1-13-6-7-15(12-16(13)21(24)25)18(23)20-10-8-19(9-11-20)17(22)14-4-2-3-5-14/h6-7,12,14H,2-5,8-11H2,1H3. The Hall–Kier alpha value is -2.44. The van der Waals surface area contributed by atoms with E-state index in [1.54, 1.807) is 24.0 Å². The van der Waals surface area contributed by atoms with E-state index in [0.717, 1.165) is 25.7 Å². The van der Waals surface area contributed by atoms with Gasteiger partial charge in [0.25, 0.3) is 11.6 Å². The van der Waals surface area contributed by atoms with Crippen molar-refractivity contribution in [1.29, 1.82) is 0 Å². The summed E-state index contributed by atoms with van der Waals surface area (Å²) in [4.78, 5) is 39.2. The Morgan fingerprint density at radius 1 is 1.08 bits per heavy atom. The maximum absolute atomic E-state index is 12.6. The highest BCUT2D eigenvalue weighted by Gasteiger charge is 2.31. The van der Waals surface area contributed by atoms with Crippen LogP contribution in [0.5, 0.6) is 0 Å². The Balaban J connectivity index is 1.62. The number of aryl methyl sites for hydroxylation is 1. The third-order valence-electron chi connectivity index (χ3n) is 5.24. The first-order valence-electron chi connectivity index (χ1n) is 8.80. The summed E-state index contributed by atoms with van der Waals surface area (Å²) >= 11 is 0. The Bertz CT molecular complexity index is 690. The van der Waals surface area contributed by atoms with Gasteiger partial charge in [-0.05, 0) is 25.8 Å². The highest BCUT2D eigenvalue weighted by atomic mass is 16.6. The summed E-state index contributed by atoms with van der Waals surface area (Å²) < 4.78 is 0. The molecule has 0 aromatic heterocycles. The summed E-state index contributed by atoms with van der Waals surface area (Å²) in [5.74, 6) is 0.161. The number of piperazine rings is 1. The van der Waals surface area contributed by atoms with E-state index in [4.69, 9.17) is 0 Å². The normalized spacial score (nSPS) is 18.4. The number of benzene rings is 1. The van der Waals surface area contributed by atoms with Crippen molar-refractivity contribution in [2.45, 2.75) is 32.6 Å². The average molecular weight is 345 g/mol. The van der Waals surface area contributed by atoms with Crippen LogP contribution < -0.4 is 0 Å². The van der Waals surface area contributed by atoms with Gasteiger partial charge in [-0.25, -0.2) is 0 Å².